The molecule has 0 bridgehead atoms. The maximum Gasteiger partial charge on any atom is 0.307 e. The van der Waals surface area contributed by atoms with Gasteiger partial charge in [0.25, 0.3) is 0 Å². The van der Waals surface area contributed by atoms with Gasteiger partial charge in [0.2, 0.25) is 11.8 Å². The summed E-state index contributed by atoms with van der Waals surface area (Å²) in [7, 11) is 0. The number of carbonyl (C=O) groups excluding carboxylic acids is 1. The molecule has 3 atom stereocenters. The van der Waals surface area contributed by atoms with Crippen LogP contribution < -0.4 is 0 Å². The highest BCUT2D eigenvalue weighted by atomic mass is 16.5. The number of carboxylic acids is 1. The molecular formula is C16H21N3O4. The molecule has 124 valence electrons. The van der Waals surface area contributed by atoms with E-state index in [1.807, 2.05) is 12.2 Å². The summed E-state index contributed by atoms with van der Waals surface area (Å²) in [5.74, 6) is -0.864. The standard InChI is InChI=1S/C16H21N3O4/c1-10-17-14(23-18-10)11-5-4-8-19(9-11)15(20)12-6-2-3-7-13(12)16(21)22/h2-3,11-13H,4-9H2,1H3,(H,21,22)/t11-,12-,13+/m1/s1. The highest BCUT2D eigenvalue weighted by molar-refractivity contribution is 5.85. The Kier molecular flexibility index (Phi) is 4.45. The zero-order chi connectivity index (χ0) is 16.4. The minimum Gasteiger partial charge on any atom is -0.481 e. The average Bonchev–Trinajstić information content (AvgIpc) is 3.01. The summed E-state index contributed by atoms with van der Waals surface area (Å²) >= 11 is 0. The Hall–Kier alpha value is -2.18. The first-order chi connectivity index (χ1) is 11.1. The fourth-order valence-corrected chi connectivity index (χ4v) is 3.45. The monoisotopic (exact) mass is 319 g/mol. The van der Waals surface area contributed by atoms with Crippen LogP contribution in [0.2, 0.25) is 0 Å². The van der Waals surface area contributed by atoms with Crippen LogP contribution in [0.15, 0.2) is 16.7 Å². The molecule has 1 aromatic heterocycles. The van der Waals surface area contributed by atoms with Crippen LogP contribution in [0, 0.1) is 18.8 Å². The number of likely N-dealkylation sites (tertiary alicyclic amines) is 1. The summed E-state index contributed by atoms with van der Waals surface area (Å²) in [4.78, 5) is 30.2. The van der Waals surface area contributed by atoms with E-state index in [2.05, 4.69) is 10.1 Å². The van der Waals surface area contributed by atoms with E-state index in [0.717, 1.165) is 12.8 Å². The third-order valence-electron chi connectivity index (χ3n) is 4.69. The fraction of sp³-hybridized carbons (Fsp3) is 0.625. The van der Waals surface area contributed by atoms with E-state index >= 15 is 0 Å². The number of aromatic nitrogens is 2. The first-order valence-electron chi connectivity index (χ1n) is 8.03. The van der Waals surface area contributed by atoms with Crippen molar-refractivity contribution in [1.29, 1.82) is 0 Å². The molecule has 2 heterocycles. The molecule has 0 spiro atoms. The Morgan fingerprint density at radius 1 is 1.30 bits per heavy atom. The van der Waals surface area contributed by atoms with Gasteiger partial charge in [-0.3, -0.25) is 9.59 Å². The summed E-state index contributed by atoms with van der Waals surface area (Å²) in [6.07, 6.45) is 6.44. The van der Waals surface area contributed by atoms with Gasteiger partial charge in [0.15, 0.2) is 5.82 Å². The lowest BCUT2D eigenvalue weighted by atomic mass is 9.81. The Morgan fingerprint density at radius 2 is 2.04 bits per heavy atom. The molecule has 23 heavy (non-hydrogen) atoms. The van der Waals surface area contributed by atoms with Crippen LogP contribution in [0.25, 0.3) is 0 Å². The summed E-state index contributed by atoms with van der Waals surface area (Å²) in [6.45, 7) is 2.95. The molecule has 7 nitrogen and oxygen atoms in total. The van der Waals surface area contributed by atoms with Gasteiger partial charge in [0.1, 0.15) is 0 Å². The molecule has 0 aromatic carbocycles. The number of nitrogens with zero attached hydrogens (tertiary/aromatic N) is 3. The van der Waals surface area contributed by atoms with E-state index in [-0.39, 0.29) is 11.8 Å². The molecule has 1 fully saturated rings. The van der Waals surface area contributed by atoms with Crippen LogP contribution in [-0.2, 0) is 9.59 Å². The predicted molar refractivity (Wildman–Crippen MR) is 80.6 cm³/mol. The molecule has 1 saturated heterocycles. The SMILES string of the molecule is Cc1noc([C@@H]2CCCN(C(=O)[C@@H]3CC=CC[C@@H]3C(=O)O)C2)n1. The topological polar surface area (TPSA) is 96.5 Å². The average molecular weight is 319 g/mol. The largest absolute Gasteiger partial charge is 0.481 e. The molecular weight excluding hydrogens is 298 g/mol. The molecule has 3 rings (SSSR count). The van der Waals surface area contributed by atoms with Crippen molar-refractivity contribution in [3.8, 4) is 0 Å². The minimum absolute atomic E-state index is 0.0383. The number of hydrogen-bond donors (Lipinski definition) is 1. The van der Waals surface area contributed by atoms with Gasteiger partial charge < -0.3 is 14.5 Å². The molecule has 2 aliphatic rings. The second-order valence-corrected chi connectivity index (χ2v) is 6.30. The summed E-state index contributed by atoms with van der Waals surface area (Å²) in [5.41, 5.74) is 0. The van der Waals surface area contributed by atoms with Gasteiger partial charge in [-0.15, -0.1) is 0 Å². The second-order valence-electron chi connectivity index (χ2n) is 6.30. The van der Waals surface area contributed by atoms with Gasteiger partial charge in [-0.05, 0) is 32.6 Å². The number of hydrogen-bond acceptors (Lipinski definition) is 5. The fourth-order valence-electron chi connectivity index (χ4n) is 3.45. The Bertz CT molecular complexity index is 625. The van der Waals surface area contributed by atoms with Crippen molar-refractivity contribution in [2.75, 3.05) is 13.1 Å². The van der Waals surface area contributed by atoms with Crippen molar-refractivity contribution in [3.63, 3.8) is 0 Å². The van der Waals surface area contributed by atoms with Gasteiger partial charge in [0, 0.05) is 13.1 Å². The van der Waals surface area contributed by atoms with Gasteiger partial charge in [-0.25, -0.2) is 0 Å². The number of amides is 1. The zero-order valence-corrected chi connectivity index (χ0v) is 13.1. The number of carboxylic acid groups (broad SMARTS) is 1. The molecule has 1 amide bonds. The van der Waals surface area contributed by atoms with E-state index in [9.17, 15) is 14.7 Å². The molecule has 1 aromatic rings. The van der Waals surface area contributed by atoms with Crippen molar-refractivity contribution in [2.24, 2.45) is 11.8 Å². The molecule has 1 N–H and O–H groups in total. The van der Waals surface area contributed by atoms with Crippen LogP contribution >= 0.6 is 0 Å². The predicted octanol–water partition coefficient (Wildman–Crippen LogP) is 1.75. The Morgan fingerprint density at radius 3 is 2.70 bits per heavy atom. The van der Waals surface area contributed by atoms with E-state index in [0.29, 0.717) is 37.6 Å². The highest BCUT2D eigenvalue weighted by Gasteiger charge is 2.38. The van der Waals surface area contributed by atoms with Gasteiger partial charge in [-0.2, -0.15) is 4.98 Å². The lowest BCUT2D eigenvalue weighted by Gasteiger charge is -2.35. The molecule has 1 aliphatic heterocycles. The van der Waals surface area contributed by atoms with Gasteiger partial charge in [-0.1, -0.05) is 17.3 Å². The maximum absolute atomic E-state index is 12.8. The van der Waals surface area contributed by atoms with E-state index < -0.39 is 17.8 Å². The molecule has 0 radical (unpaired) electrons. The number of rotatable bonds is 3. The highest BCUT2D eigenvalue weighted by Crippen LogP contribution is 2.31. The maximum atomic E-state index is 12.8. The Labute approximate surface area is 134 Å². The lowest BCUT2D eigenvalue weighted by Crippen LogP contribution is -2.45. The van der Waals surface area contributed by atoms with Crippen LogP contribution in [0.3, 0.4) is 0 Å². The van der Waals surface area contributed by atoms with E-state index in [1.165, 1.54) is 0 Å². The van der Waals surface area contributed by atoms with Crippen molar-refractivity contribution in [3.05, 3.63) is 23.9 Å². The summed E-state index contributed by atoms with van der Waals surface area (Å²) in [6, 6.07) is 0. The van der Waals surface area contributed by atoms with Crippen LogP contribution in [0.5, 0.6) is 0 Å². The van der Waals surface area contributed by atoms with Crippen LogP contribution in [0.4, 0.5) is 0 Å². The number of carbonyl (C=O) groups is 2. The van der Waals surface area contributed by atoms with Crippen molar-refractivity contribution in [1.82, 2.24) is 15.0 Å². The van der Waals surface area contributed by atoms with Crippen LogP contribution in [-0.4, -0.2) is 45.1 Å². The number of aryl methyl sites for hydroxylation is 1. The lowest BCUT2D eigenvalue weighted by molar-refractivity contribution is -0.151. The first-order valence-corrected chi connectivity index (χ1v) is 8.03. The number of allylic oxidation sites excluding steroid dienone is 2. The zero-order valence-electron chi connectivity index (χ0n) is 13.1. The van der Waals surface area contributed by atoms with E-state index in [1.54, 1.807) is 11.8 Å². The summed E-state index contributed by atoms with van der Waals surface area (Å²) in [5, 5.41) is 13.2. The summed E-state index contributed by atoms with van der Waals surface area (Å²) < 4.78 is 5.23. The van der Waals surface area contributed by atoms with Crippen LogP contribution in [0.1, 0.15) is 43.3 Å². The first kappa shape index (κ1) is 15.7. The van der Waals surface area contributed by atoms with Gasteiger partial charge in [0.05, 0.1) is 17.8 Å². The third-order valence-corrected chi connectivity index (χ3v) is 4.69. The number of aliphatic carboxylic acids is 1. The van der Waals surface area contributed by atoms with Crippen molar-refractivity contribution < 1.29 is 19.2 Å². The normalized spacial score (nSPS) is 27.9. The molecule has 1 aliphatic carbocycles. The molecule has 0 saturated carbocycles. The Balaban J connectivity index is 1.71. The third kappa shape index (κ3) is 3.28. The smallest absolute Gasteiger partial charge is 0.307 e. The quantitative estimate of drug-likeness (QED) is 0.853. The minimum atomic E-state index is -0.895. The molecule has 7 heteroatoms. The second kappa shape index (κ2) is 6.52. The number of piperidine rings is 1. The van der Waals surface area contributed by atoms with E-state index in [4.69, 9.17) is 4.52 Å². The molecule has 0 unspecified atom stereocenters. The van der Waals surface area contributed by atoms with Crippen molar-refractivity contribution in [2.45, 2.75) is 38.5 Å². The van der Waals surface area contributed by atoms with Gasteiger partial charge >= 0.3 is 5.97 Å². The van der Waals surface area contributed by atoms with Crippen molar-refractivity contribution >= 4 is 11.9 Å².